The summed E-state index contributed by atoms with van der Waals surface area (Å²) in [6.45, 7) is 7.12. The number of piperidine rings is 2. The van der Waals surface area contributed by atoms with Gasteiger partial charge in [0.1, 0.15) is 11.6 Å². The molecule has 0 atom stereocenters. The molecule has 4 heterocycles. The van der Waals surface area contributed by atoms with E-state index in [-0.39, 0.29) is 17.5 Å². The summed E-state index contributed by atoms with van der Waals surface area (Å²) in [5.41, 5.74) is 2.41. The van der Waals surface area contributed by atoms with Crippen LogP contribution in [0.3, 0.4) is 0 Å². The number of pyridine rings is 2. The first kappa shape index (κ1) is 24.4. The SMILES string of the molecule is CC1CCN(c2ccc(CN3CCC(NC(=O)c4cccc(-c5ccncc5)c4F)CC3)cn2)CC1. The Bertz CT molecular complexity index is 1150. The highest BCUT2D eigenvalue weighted by Gasteiger charge is 2.24. The molecule has 0 bridgehead atoms. The van der Waals surface area contributed by atoms with Gasteiger partial charge in [-0.2, -0.15) is 0 Å². The predicted octanol–water partition coefficient (Wildman–Crippen LogP) is 4.91. The van der Waals surface area contributed by atoms with Crippen molar-refractivity contribution >= 4 is 11.7 Å². The molecule has 0 radical (unpaired) electrons. The molecule has 1 aromatic carbocycles. The van der Waals surface area contributed by atoms with Crippen LogP contribution in [-0.2, 0) is 6.54 Å². The number of carbonyl (C=O) groups excluding carboxylic acids is 1. The molecule has 0 aliphatic carbocycles. The van der Waals surface area contributed by atoms with Gasteiger partial charge in [0.05, 0.1) is 5.56 Å². The highest BCUT2D eigenvalue weighted by Crippen LogP contribution is 2.25. The molecule has 2 aliphatic heterocycles. The van der Waals surface area contributed by atoms with E-state index in [9.17, 15) is 4.79 Å². The zero-order valence-electron chi connectivity index (χ0n) is 20.9. The Balaban J connectivity index is 1.12. The van der Waals surface area contributed by atoms with Crippen molar-refractivity contribution in [2.24, 2.45) is 5.92 Å². The van der Waals surface area contributed by atoms with Gasteiger partial charge in [0.2, 0.25) is 0 Å². The molecule has 0 unspecified atom stereocenters. The lowest BCUT2D eigenvalue weighted by Crippen LogP contribution is -2.44. The zero-order valence-corrected chi connectivity index (χ0v) is 20.9. The molecule has 0 spiro atoms. The van der Waals surface area contributed by atoms with Crippen LogP contribution in [0.25, 0.3) is 11.1 Å². The van der Waals surface area contributed by atoms with Gasteiger partial charge >= 0.3 is 0 Å². The molecule has 2 aromatic heterocycles. The lowest BCUT2D eigenvalue weighted by Gasteiger charge is -2.33. The quantitative estimate of drug-likeness (QED) is 0.535. The summed E-state index contributed by atoms with van der Waals surface area (Å²) in [4.78, 5) is 26.4. The number of aromatic nitrogens is 2. The van der Waals surface area contributed by atoms with E-state index in [2.05, 4.69) is 39.2 Å². The molecule has 5 rings (SSSR count). The zero-order chi connectivity index (χ0) is 24.9. The fourth-order valence-corrected chi connectivity index (χ4v) is 5.15. The van der Waals surface area contributed by atoms with Gasteiger partial charge in [-0.1, -0.05) is 25.1 Å². The second-order valence-electron chi connectivity index (χ2n) is 10.1. The minimum Gasteiger partial charge on any atom is -0.357 e. The van der Waals surface area contributed by atoms with Crippen LogP contribution in [0.1, 0.15) is 48.5 Å². The van der Waals surface area contributed by atoms with E-state index in [1.165, 1.54) is 18.4 Å². The molecule has 6 nitrogen and oxygen atoms in total. The Morgan fingerprint density at radius 2 is 1.75 bits per heavy atom. The topological polar surface area (TPSA) is 61.4 Å². The second kappa shape index (κ2) is 11.2. The molecule has 3 aromatic rings. The summed E-state index contributed by atoms with van der Waals surface area (Å²) in [5, 5.41) is 3.05. The van der Waals surface area contributed by atoms with Gasteiger partial charge in [-0.3, -0.25) is 14.7 Å². The average molecular weight is 488 g/mol. The molecule has 2 aliphatic rings. The third kappa shape index (κ3) is 5.73. The van der Waals surface area contributed by atoms with E-state index in [4.69, 9.17) is 4.98 Å². The van der Waals surface area contributed by atoms with Crippen molar-refractivity contribution < 1.29 is 9.18 Å². The number of hydrogen-bond acceptors (Lipinski definition) is 5. The third-order valence-corrected chi connectivity index (χ3v) is 7.48. The monoisotopic (exact) mass is 487 g/mol. The molecule has 2 fully saturated rings. The number of carbonyl (C=O) groups is 1. The third-order valence-electron chi connectivity index (χ3n) is 7.48. The van der Waals surface area contributed by atoms with Crippen molar-refractivity contribution in [1.82, 2.24) is 20.2 Å². The number of nitrogens with zero attached hydrogens (tertiary/aromatic N) is 4. The van der Waals surface area contributed by atoms with Crippen LogP contribution in [-0.4, -0.2) is 53.0 Å². The molecule has 188 valence electrons. The molecule has 1 N–H and O–H groups in total. The average Bonchev–Trinajstić information content (AvgIpc) is 2.91. The van der Waals surface area contributed by atoms with Crippen LogP contribution in [0.2, 0.25) is 0 Å². The van der Waals surface area contributed by atoms with Crippen molar-refractivity contribution in [2.75, 3.05) is 31.1 Å². The van der Waals surface area contributed by atoms with Gasteiger partial charge in [-0.25, -0.2) is 9.37 Å². The Morgan fingerprint density at radius 3 is 2.44 bits per heavy atom. The molecular weight excluding hydrogens is 453 g/mol. The summed E-state index contributed by atoms with van der Waals surface area (Å²) in [6, 6.07) is 12.8. The van der Waals surface area contributed by atoms with Gasteiger partial charge in [-0.05, 0) is 67.0 Å². The minimum atomic E-state index is -0.492. The molecule has 1 amide bonds. The minimum absolute atomic E-state index is 0.0414. The van der Waals surface area contributed by atoms with Crippen molar-refractivity contribution in [3.8, 4) is 11.1 Å². The van der Waals surface area contributed by atoms with Gasteiger partial charge in [0, 0.05) is 62.9 Å². The highest BCUT2D eigenvalue weighted by atomic mass is 19.1. The van der Waals surface area contributed by atoms with Gasteiger partial charge in [0.25, 0.3) is 5.91 Å². The number of hydrogen-bond donors (Lipinski definition) is 1. The first-order valence-corrected chi connectivity index (χ1v) is 13.0. The normalized spacial score (nSPS) is 17.8. The first-order chi connectivity index (χ1) is 17.6. The van der Waals surface area contributed by atoms with Gasteiger partial charge in [0.15, 0.2) is 0 Å². The number of nitrogens with one attached hydrogen (secondary N) is 1. The fourth-order valence-electron chi connectivity index (χ4n) is 5.15. The Labute approximate surface area is 212 Å². The Morgan fingerprint density at radius 1 is 1.00 bits per heavy atom. The van der Waals surface area contributed by atoms with E-state index in [0.717, 1.165) is 57.3 Å². The van der Waals surface area contributed by atoms with Crippen LogP contribution >= 0.6 is 0 Å². The van der Waals surface area contributed by atoms with Crippen LogP contribution in [0.4, 0.5) is 10.2 Å². The highest BCUT2D eigenvalue weighted by molar-refractivity contribution is 5.96. The van der Waals surface area contributed by atoms with Gasteiger partial charge < -0.3 is 10.2 Å². The number of rotatable bonds is 6. The van der Waals surface area contributed by atoms with Crippen molar-refractivity contribution in [3.63, 3.8) is 0 Å². The first-order valence-electron chi connectivity index (χ1n) is 13.0. The second-order valence-corrected chi connectivity index (χ2v) is 10.1. The molecular formula is C29H34FN5O. The van der Waals surface area contributed by atoms with E-state index in [1.807, 2.05) is 6.20 Å². The van der Waals surface area contributed by atoms with Crippen LogP contribution < -0.4 is 10.2 Å². The maximum absolute atomic E-state index is 15.1. The van der Waals surface area contributed by atoms with E-state index >= 15 is 4.39 Å². The van der Waals surface area contributed by atoms with E-state index in [0.29, 0.717) is 11.1 Å². The summed E-state index contributed by atoms with van der Waals surface area (Å²) in [5.74, 6) is 1.04. The largest absolute Gasteiger partial charge is 0.357 e. The van der Waals surface area contributed by atoms with E-state index < -0.39 is 5.82 Å². The Kier molecular flexibility index (Phi) is 7.56. The Hall–Kier alpha value is -3.32. The van der Waals surface area contributed by atoms with Crippen LogP contribution in [0, 0.1) is 11.7 Å². The number of anilines is 1. The smallest absolute Gasteiger partial charge is 0.254 e. The van der Waals surface area contributed by atoms with Crippen molar-refractivity contribution in [2.45, 2.75) is 45.2 Å². The van der Waals surface area contributed by atoms with Crippen molar-refractivity contribution in [1.29, 1.82) is 0 Å². The van der Waals surface area contributed by atoms with E-state index in [1.54, 1.807) is 42.7 Å². The molecule has 0 saturated carbocycles. The summed E-state index contributed by atoms with van der Waals surface area (Å²) >= 11 is 0. The van der Waals surface area contributed by atoms with Crippen LogP contribution in [0.15, 0.2) is 61.1 Å². The maximum Gasteiger partial charge on any atom is 0.254 e. The summed E-state index contributed by atoms with van der Waals surface area (Å²) < 4.78 is 15.1. The maximum atomic E-state index is 15.1. The molecule has 7 heteroatoms. The number of likely N-dealkylation sites (tertiary alicyclic amines) is 1. The number of benzene rings is 1. The fraction of sp³-hybridized carbons (Fsp3) is 0.414. The molecule has 2 saturated heterocycles. The van der Waals surface area contributed by atoms with Crippen LogP contribution in [0.5, 0.6) is 0 Å². The predicted molar refractivity (Wildman–Crippen MR) is 140 cm³/mol. The number of amides is 1. The molecule has 36 heavy (non-hydrogen) atoms. The summed E-state index contributed by atoms with van der Waals surface area (Å²) in [7, 11) is 0. The lowest BCUT2D eigenvalue weighted by atomic mass is 9.99. The standard InChI is InChI=1S/C29H34FN5O/c1-21-9-17-35(18-10-21)27-6-5-22(19-32-27)20-34-15-11-24(12-16-34)33-29(36)26-4-2-3-25(28(26)30)23-7-13-31-14-8-23/h2-8,13-14,19,21,24H,9-12,15-18,20H2,1H3,(H,33,36). The number of halogens is 1. The lowest BCUT2D eigenvalue weighted by molar-refractivity contribution is 0.0905. The van der Waals surface area contributed by atoms with Crippen molar-refractivity contribution in [3.05, 3.63) is 78.0 Å². The summed E-state index contributed by atoms with van der Waals surface area (Å²) in [6.07, 6.45) is 9.39. The van der Waals surface area contributed by atoms with Gasteiger partial charge in [-0.15, -0.1) is 0 Å².